The molecule has 2 heterocycles. The lowest BCUT2D eigenvalue weighted by Gasteiger charge is -2.62. The SMILES string of the molecule is C=C(CCCON=C1CN(c2ncc(-c3cccc(CC[SH](C)(C)(C)C(C)(C)C)c3F)cn2)C1)NC. The van der Waals surface area contributed by atoms with Gasteiger partial charge in [-0.2, -0.15) is 0 Å². The minimum atomic E-state index is -1.95. The highest BCUT2D eigenvalue weighted by Gasteiger charge is 2.38. The Morgan fingerprint density at radius 3 is 2.47 bits per heavy atom. The van der Waals surface area contributed by atoms with Crippen LogP contribution >= 0.6 is 9.16 Å². The molecule has 2 aromatic rings. The molecule has 1 aliphatic rings. The first-order valence-electron chi connectivity index (χ1n) is 12.7. The van der Waals surface area contributed by atoms with E-state index in [-0.39, 0.29) is 10.6 Å². The zero-order valence-electron chi connectivity index (χ0n) is 23.1. The minimum absolute atomic E-state index is 0.163. The van der Waals surface area contributed by atoms with Gasteiger partial charge in [-0.1, -0.05) is 50.7 Å². The van der Waals surface area contributed by atoms with E-state index in [0.29, 0.717) is 36.8 Å². The summed E-state index contributed by atoms with van der Waals surface area (Å²) in [6, 6.07) is 5.65. The van der Waals surface area contributed by atoms with E-state index >= 15 is 4.39 Å². The van der Waals surface area contributed by atoms with E-state index < -0.39 is 9.16 Å². The normalized spacial score (nSPS) is 15.1. The maximum atomic E-state index is 15.5. The van der Waals surface area contributed by atoms with E-state index in [4.69, 9.17) is 4.84 Å². The Morgan fingerprint density at radius 2 is 1.86 bits per heavy atom. The van der Waals surface area contributed by atoms with Crippen molar-refractivity contribution in [3.63, 3.8) is 0 Å². The Balaban J connectivity index is 1.58. The van der Waals surface area contributed by atoms with Crippen LogP contribution in [0.2, 0.25) is 0 Å². The molecule has 6 nitrogen and oxygen atoms in total. The number of thiol groups is 1. The van der Waals surface area contributed by atoms with Crippen LogP contribution < -0.4 is 10.2 Å². The summed E-state index contributed by atoms with van der Waals surface area (Å²) in [5.41, 5.74) is 3.97. The van der Waals surface area contributed by atoms with Gasteiger partial charge in [0.25, 0.3) is 0 Å². The average Bonchev–Trinajstić information content (AvgIpc) is 2.78. The van der Waals surface area contributed by atoms with E-state index in [1.54, 1.807) is 12.4 Å². The van der Waals surface area contributed by atoms with Crippen molar-refractivity contribution in [1.29, 1.82) is 0 Å². The molecule has 1 aromatic heterocycles. The fourth-order valence-corrected chi connectivity index (χ4v) is 5.37. The highest BCUT2D eigenvalue weighted by atomic mass is 32.3. The summed E-state index contributed by atoms with van der Waals surface area (Å²) in [4.78, 5) is 16.4. The number of anilines is 1. The number of aryl methyl sites for hydroxylation is 1. The zero-order chi connectivity index (χ0) is 26.6. The fraction of sp³-hybridized carbons (Fsp3) is 0.536. The molecule has 36 heavy (non-hydrogen) atoms. The molecule has 0 bridgehead atoms. The lowest BCUT2D eigenvalue weighted by atomic mass is 10.0. The Labute approximate surface area is 216 Å². The number of oxime groups is 1. The summed E-state index contributed by atoms with van der Waals surface area (Å²) >= 11 is 0. The van der Waals surface area contributed by atoms with Gasteiger partial charge in [-0.15, -0.1) is 0 Å². The van der Waals surface area contributed by atoms with Crippen molar-refractivity contribution < 1.29 is 9.23 Å². The number of allylic oxidation sites excluding steroid dienone is 1. The molecule has 1 N–H and O–H groups in total. The smallest absolute Gasteiger partial charge is 0.225 e. The third kappa shape index (κ3) is 6.58. The Morgan fingerprint density at radius 1 is 1.19 bits per heavy atom. The maximum absolute atomic E-state index is 15.5. The van der Waals surface area contributed by atoms with Crippen molar-refractivity contribution in [2.75, 3.05) is 56.2 Å². The van der Waals surface area contributed by atoms with E-state index in [2.05, 4.69) is 66.6 Å². The van der Waals surface area contributed by atoms with Crippen molar-refractivity contribution in [2.24, 2.45) is 5.16 Å². The second kappa shape index (κ2) is 10.8. The van der Waals surface area contributed by atoms with Gasteiger partial charge in [0.05, 0.1) is 18.8 Å². The average molecular weight is 518 g/mol. The lowest BCUT2D eigenvalue weighted by Crippen LogP contribution is -2.48. The molecule has 3 rings (SSSR count). The van der Waals surface area contributed by atoms with Crippen LogP contribution in [0.15, 0.2) is 48.0 Å². The first-order chi connectivity index (χ1) is 16.8. The van der Waals surface area contributed by atoms with E-state index in [1.165, 1.54) is 0 Å². The van der Waals surface area contributed by atoms with Crippen molar-refractivity contribution in [3.05, 3.63) is 54.2 Å². The van der Waals surface area contributed by atoms with Gasteiger partial charge in [0.2, 0.25) is 5.95 Å². The highest BCUT2D eigenvalue weighted by molar-refractivity contribution is 8.49. The maximum Gasteiger partial charge on any atom is 0.225 e. The quantitative estimate of drug-likeness (QED) is 0.241. The molecule has 200 valence electrons. The Hall–Kier alpha value is -2.61. The summed E-state index contributed by atoms with van der Waals surface area (Å²) in [6.07, 6.45) is 13.1. The molecule has 0 atom stereocenters. The van der Waals surface area contributed by atoms with E-state index in [9.17, 15) is 0 Å². The van der Waals surface area contributed by atoms with E-state index in [0.717, 1.165) is 42.0 Å². The molecule has 0 aliphatic carbocycles. The van der Waals surface area contributed by atoms with Crippen LogP contribution in [-0.2, 0) is 11.3 Å². The van der Waals surface area contributed by atoms with Gasteiger partial charge in [0.1, 0.15) is 12.4 Å². The second-order valence-electron chi connectivity index (χ2n) is 12.1. The van der Waals surface area contributed by atoms with Crippen LogP contribution in [0.1, 0.15) is 39.2 Å². The van der Waals surface area contributed by atoms with Gasteiger partial charge < -0.3 is 15.1 Å². The van der Waals surface area contributed by atoms with Gasteiger partial charge >= 0.3 is 0 Å². The topological polar surface area (TPSA) is 62.6 Å². The van der Waals surface area contributed by atoms with Crippen LogP contribution in [-0.4, -0.2) is 71.7 Å². The molecule has 1 aliphatic heterocycles. The van der Waals surface area contributed by atoms with Crippen molar-refractivity contribution in [1.82, 2.24) is 15.3 Å². The number of nitrogens with zero attached hydrogens (tertiary/aromatic N) is 4. The highest BCUT2D eigenvalue weighted by Crippen LogP contribution is 2.69. The van der Waals surface area contributed by atoms with Gasteiger partial charge in [0.15, 0.2) is 0 Å². The molecular weight excluding hydrogens is 473 g/mol. The molecule has 0 saturated carbocycles. The predicted molar refractivity (Wildman–Crippen MR) is 156 cm³/mol. The second-order valence-corrected chi connectivity index (χ2v) is 20.1. The zero-order valence-corrected chi connectivity index (χ0v) is 24.0. The van der Waals surface area contributed by atoms with Crippen LogP contribution in [0.4, 0.5) is 10.3 Å². The first kappa shape index (κ1) is 28.0. The molecule has 0 amide bonds. The largest absolute Gasteiger partial charge is 0.396 e. The molecular formula is C28H44FN5OS. The Bertz CT molecular complexity index is 1090. The summed E-state index contributed by atoms with van der Waals surface area (Å²) < 4.78 is 15.7. The van der Waals surface area contributed by atoms with Gasteiger partial charge in [-0.25, -0.2) is 14.4 Å². The van der Waals surface area contributed by atoms with Crippen molar-refractivity contribution in [3.8, 4) is 11.1 Å². The molecule has 0 unspecified atom stereocenters. The van der Waals surface area contributed by atoms with Crippen LogP contribution in [0, 0.1) is 5.82 Å². The Kier molecular flexibility index (Phi) is 8.38. The summed E-state index contributed by atoms with van der Waals surface area (Å²) in [5, 5.41) is 7.21. The van der Waals surface area contributed by atoms with Crippen molar-refractivity contribution >= 4 is 20.8 Å². The number of hydrogen-bond acceptors (Lipinski definition) is 6. The summed E-state index contributed by atoms with van der Waals surface area (Å²) in [7, 11) is -0.0855. The van der Waals surface area contributed by atoms with Crippen LogP contribution in [0.5, 0.6) is 0 Å². The molecule has 0 radical (unpaired) electrons. The monoisotopic (exact) mass is 517 g/mol. The molecule has 1 fully saturated rings. The van der Waals surface area contributed by atoms with E-state index in [1.807, 2.05) is 30.1 Å². The number of nitrogens with one attached hydrogen (secondary N) is 1. The summed E-state index contributed by atoms with van der Waals surface area (Å²) in [5.74, 6) is 1.47. The van der Waals surface area contributed by atoms with Crippen molar-refractivity contribution in [2.45, 2.75) is 44.8 Å². The van der Waals surface area contributed by atoms with Crippen LogP contribution in [0.3, 0.4) is 0 Å². The number of aromatic nitrogens is 2. The molecule has 1 aromatic carbocycles. The number of benzene rings is 1. The van der Waals surface area contributed by atoms with Crippen LogP contribution in [0.25, 0.3) is 11.1 Å². The number of rotatable bonds is 11. The van der Waals surface area contributed by atoms with Gasteiger partial charge in [0, 0.05) is 36.3 Å². The van der Waals surface area contributed by atoms with Gasteiger partial charge in [-0.3, -0.25) is 9.16 Å². The predicted octanol–water partition coefficient (Wildman–Crippen LogP) is 5.29. The molecule has 8 heteroatoms. The first-order valence-corrected chi connectivity index (χ1v) is 16.4. The standard InChI is InChI=1S/C28H44FN5OS/c1-21(30-5)11-10-15-35-33-24-19-34(20-24)27-31-17-23(18-32-27)25-13-9-12-22(26(25)29)14-16-36(6,7,8)28(2,3)4/h9,12-13,17-18,30,36H,1,10-11,14-16,19-20H2,2-8H3. The lowest BCUT2D eigenvalue weighted by molar-refractivity contribution is 0.140. The molecule has 1 saturated heterocycles. The third-order valence-corrected chi connectivity index (χ3v) is 14.7. The number of hydrogen-bond donors (Lipinski definition) is 2. The third-order valence-electron chi connectivity index (χ3n) is 7.97. The molecule has 0 spiro atoms. The van der Waals surface area contributed by atoms with Gasteiger partial charge in [-0.05, 0) is 54.1 Å². The fourth-order valence-electron chi connectivity index (χ4n) is 3.67. The number of halogens is 1. The minimum Gasteiger partial charge on any atom is -0.396 e. The summed E-state index contributed by atoms with van der Waals surface area (Å²) in [6.45, 7) is 12.7.